The molecule has 0 saturated carbocycles. The topological polar surface area (TPSA) is 105 Å². The van der Waals surface area contributed by atoms with E-state index in [1.54, 1.807) is 36.4 Å². The molecule has 6 nitrogen and oxygen atoms in total. The van der Waals surface area contributed by atoms with Crippen molar-refractivity contribution in [3.63, 3.8) is 0 Å². The molecule has 3 aromatic rings. The van der Waals surface area contributed by atoms with Gasteiger partial charge in [0.1, 0.15) is 0 Å². The average Bonchev–Trinajstić information content (AvgIpc) is 2.63. The van der Waals surface area contributed by atoms with Gasteiger partial charge in [0.2, 0.25) is 0 Å². The number of benzene rings is 2. The van der Waals surface area contributed by atoms with E-state index in [0.29, 0.717) is 22.5 Å². The van der Waals surface area contributed by atoms with Gasteiger partial charge in [0, 0.05) is 11.3 Å². The molecule has 1 heterocycles. The van der Waals surface area contributed by atoms with Crippen LogP contribution in [0.5, 0.6) is 0 Å². The van der Waals surface area contributed by atoms with Crippen molar-refractivity contribution >= 4 is 17.4 Å². The highest BCUT2D eigenvalue weighted by Gasteiger charge is 2.15. The summed E-state index contributed by atoms with van der Waals surface area (Å²) in [5, 5.41) is 11.7. The Bertz CT molecular complexity index is 932. The SMILES string of the molecule is N#Cc1cccc(-c2cnc(N)c(C(=O)Nc3ccccc3)n2)c1. The lowest BCUT2D eigenvalue weighted by Gasteiger charge is -2.08. The molecule has 1 aromatic heterocycles. The molecule has 24 heavy (non-hydrogen) atoms. The minimum Gasteiger partial charge on any atom is -0.382 e. The van der Waals surface area contributed by atoms with Crippen LogP contribution in [-0.4, -0.2) is 15.9 Å². The van der Waals surface area contributed by atoms with Crippen LogP contribution in [-0.2, 0) is 0 Å². The molecule has 6 heteroatoms. The van der Waals surface area contributed by atoms with E-state index in [4.69, 9.17) is 11.0 Å². The zero-order valence-electron chi connectivity index (χ0n) is 12.6. The van der Waals surface area contributed by atoms with Crippen LogP contribution in [0.3, 0.4) is 0 Å². The second-order valence-electron chi connectivity index (χ2n) is 5.00. The summed E-state index contributed by atoms with van der Waals surface area (Å²) in [5.41, 5.74) is 8.13. The molecule has 0 saturated heterocycles. The Morgan fingerprint density at radius 3 is 2.67 bits per heavy atom. The van der Waals surface area contributed by atoms with E-state index in [2.05, 4.69) is 21.4 Å². The number of aromatic nitrogens is 2. The smallest absolute Gasteiger partial charge is 0.278 e. The van der Waals surface area contributed by atoms with Crippen molar-refractivity contribution in [1.82, 2.24) is 9.97 Å². The van der Waals surface area contributed by atoms with E-state index in [1.165, 1.54) is 6.20 Å². The van der Waals surface area contributed by atoms with Crippen molar-refractivity contribution in [2.24, 2.45) is 0 Å². The minimum atomic E-state index is -0.440. The fourth-order valence-electron chi connectivity index (χ4n) is 2.16. The van der Waals surface area contributed by atoms with E-state index >= 15 is 0 Å². The standard InChI is InChI=1S/C18H13N5O/c19-10-12-5-4-6-13(9-12)15-11-21-17(20)16(23-15)18(24)22-14-7-2-1-3-8-14/h1-9,11H,(H2,20,21)(H,22,24). The number of nitrogens with two attached hydrogens (primary N) is 1. The predicted octanol–water partition coefficient (Wildman–Crippen LogP) is 2.85. The number of nitrogens with one attached hydrogen (secondary N) is 1. The summed E-state index contributed by atoms with van der Waals surface area (Å²) in [6, 6.07) is 18.0. The number of hydrogen-bond donors (Lipinski definition) is 2. The van der Waals surface area contributed by atoms with E-state index in [0.717, 1.165) is 0 Å². The van der Waals surface area contributed by atoms with E-state index in [1.807, 2.05) is 18.2 Å². The molecule has 3 rings (SSSR count). The van der Waals surface area contributed by atoms with Crippen molar-refractivity contribution in [2.45, 2.75) is 0 Å². The highest BCUT2D eigenvalue weighted by Crippen LogP contribution is 2.20. The van der Waals surface area contributed by atoms with Gasteiger partial charge >= 0.3 is 0 Å². The van der Waals surface area contributed by atoms with Gasteiger partial charge in [-0.3, -0.25) is 4.79 Å². The molecular formula is C18H13N5O. The second-order valence-corrected chi connectivity index (χ2v) is 5.00. The highest BCUT2D eigenvalue weighted by molar-refractivity contribution is 6.05. The summed E-state index contributed by atoms with van der Waals surface area (Å²) in [6.45, 7) is 0. The lowest BCUT2D eigenvalue weighted by atomic mass is 10.1. The lowest BCUT2D eigenvalue weighted by Crippen LogP contribution is -2.17. The third-order valence-electron chi connectivity index (χ3n) is 3.33. The lowest BCUT2D eigenvalue weighted by molar-refractivity contribution is 0.102. The molecule has 0 radical (unpaired) electrons. The molecular weight excluding hydrogens is 302 g/mol. The molecule has 0 aliphatic carbocycles. The number of carbonyl (C=O) groups excluding carboxylic acids is 1. The van der Waals surface area contributed by atoms with Crippen molar-refractivity contribution in [3.8, 4) is 17.3 Å². The van der Waals surface area contributed by atoms with Crippen LogP contribution in [0.2, 0.25) is 0 Å². The maximum Gasteiger partial charge on any atom is 0.278 e. The van der Waals surface area contributed by atoms with Crippen molar-refractivity contribution in [3.05, 3.63) is 72.1 Å². The molecule has 0 spiro atoms. The normalized spacial score (nSPS) is 9.96. The first kappa shape index (κ1) is 15.2. The van der Waals surface area contributed by atoms with Crippen LogP contribution in [0.25, 0.3) is 11.3 Å². The van der Waals surface area contributed by atoms with Gasteiger partial charge in [0.05, 0.1) is 23.5 Å². The minimum absolute atomic E-state index is 0.0405. The van der Waals surface area contributed by atoms with Crippen molar-refractivity contribution < 1.29 is 4.79 Å². The van der Waals surface area contributed by atoms with Gasteiger partial charge in [-0.2, -0.15) is 5.26 Å². The van der Waals surface area contributed by atoms with Crippen LogP contribution in [0, 0.1) is 11.3 Å². The maximum absolute atomic E-state index is 12.4. The average molecular weight is 315 g/mol. The first-order chi connectivity index (χ1) is 11.7. The monoisotopic (exact) mass is 315 g/mol. The first-order valence-corrected chi connectivity index (χ1v) is 7.17. The number of rotatable bonds is 3. The fraction of sp³-hybridized carbons (Fsp3) is 0. The summed E-state index contributed by atoms with van der Waals surface area (Å²) in [4.78, 5) is 20.7. The number of carbonyl (C=O) groups is 1. The third-order valence-corrected chi connectivity index (χ3v) is 3.33. The van der Waals surface area contributed by atoms with Crippen LogP contribution in [0.1, 0.15) is 16.1 Å². The molecule has 0 bridgehead atoms. The molecule has 0 atom stereocenters. The largest absolute Gasteiger partial charge is 0.382 e. The Hall–Kier alpha value is -3.72. The number of nitriles is 1. The van der Waals surface area contributed by atoms with Crippen LogP contribution < -0.4 is 11.1 Å². The predicted molar refractivity (Wildman–Crippen MR) is 91.0 cm³/mol. The second kappa shape index (κ2) is 6.58. The number of para-hydroxylation sites is 1. The molecule has 0 unspecified atom stereocenters. The number of hydrogen-bond acceptors (Lipinski definition) is 5. The number of amides is 1. The van der Waals surface area contributed by atoms with Gasteiger partial charge in [-0.15, -0.1) is 0 Å². The third kappa shape index (κ3) is 3.20. The molecule has 0 aliphatic heterocycles. The highest BCUT2D eigenvalue weighted by atomic mass is 16.1. The van der Waals surface area contributed by atoms with Crippen LogP contribution >= 0.6 is 0 Å². The van der Waals surface area contributed by atoms with Gasteiger partial charge in [-0.25, -0.2) is 9.97 Å². The Balaban J connectivity index is 1.94. The van der Waals surface area contributed by atoms with Crippen molar-refractivity contribution in [2.75, 3.05) is 11.1 Å². The Kier molecular flexibility index (Phi) is 4.17. The Morgan fingerprint density at radius 1 is 1.12 bits per heavy atom. The fourth-order valence-corrected chi connectivity index (χ4v) is 2.16. The maximum atomic E-state index is 12.4. The molecule has 0 fully saturated rings. The molecule has 2 aromatic carbocycles. The van der Waals surface area contributed by atoms with Gasteiger partial charge in [0.15, 0.2) is 11.5 Å². The van der Waals surface area contributed by atoms with Gasteiger partial charge in [-0.1, -0.05) is 30.3 Å². The summed E-state index contributed by atoms with van der Waals surface area (Å²) in [5.74, 6) is -0.395. The van der Waals surface area contributed by atoms with E-state index in [-0.39, 0.29) is 11.5 Å². The number of nitrogen functional groups attached to an aromatic ring is 1. The summed E-state index contributed by atoms with van der Waals surface area (Å²) in [6.07, 6.45) is 1.48. The summed E-state index contributed by atoms with van der Waals surface area (Å²) in [7, 11) is 0. The number of anilines is 2. The summed E-state index contributed by atoms with van der Waals surface area (Å²) >= 11 is 0. The van der Waals surface area contributed by atoms with Gasteiger partial charge < -0.3 is 11.1 Å². The van der Waals surface area contributed by atoms with E-state index < -0.39 is 5.91 Å². The molecule has 116 valence electrons. The Labute approximate surface area is 138 Å². The first-order valence-electron chi connectivity index (χ1n) is 7.17. The van der Waals surface area contributed by atoms with Gasteiger partial charge in [-0.05, 0) is 24.3 Å². The molecule has 3 N–H and O–H groups in total. The van der Waals surface area contributed by atoms with Gasteiger partial charge in [0.25, 0.3) is 5.91 Å². The number of nitrogens with zero attached hydrogens (tertiary/aromatic N) is 3. The van der Waals surface area contributed by atoms with E-state index in [9.17, 15) is 4.79 Å². The zero-order chi connectivity index (χ0) is 16.9. The van der Waals surface area contributed by atoms with Crippen molar-refractivity contribution in [1.29, 1.82) is 5.26 Å². The molecule has 0 aliphatic rings. The summed E-state index contributed by atoms with van der Waals surface area (Å²) < 4.78 is 0. The molecule has 1 amide bonds. The van der Waals surface area contributed by atoms with Crippen LogP contribution in [0.4, 0.5) is 11.5 Å². The zero-order valence-corrected chi connectivity index (χ0v) is 12.6. The Morgan fingerprint density at radius 2 is 1.92 bits per heavy atom. The quantitative estimate of drug-likeness (QED) is 0.773. The van der Waals surface area contributed by atoms with Crippen LogP contribution in [0.15, 0.2) is 60.8 Å².